The Kier molecular flexibility index (Phi) is 4.89. The monoisotopic (exact) mass is 380 g/mol. The third-order valence-electron chi connectivity index (χ3n) is 2.29. The first-order valence-corrected chi connectivity index (χ1v) is 8.45. The number of ketones is 1. The topological polar surface area (TPSA) is 34.1 Å². The van der Waals surface area contributed by atoms with E-state index in [9.17, 15) is 13.4 Å². The Hall–Kier alpha value is -0.560. The third kappa shape index (κ3) is 3.51. The zero-order valence-electron chi connectivity index (χ0n) is 9.36. The van der Waals surface area contributed by atoms with Crippen molar-refractivity contribution < 1.29 is 13.4 Å². The van der Waals surface area contributed by atoms with Crippen molar-refractivity contribution in [2.45, 2.75) is 4.90 Å². The zero-order valence-corrected chi connectivity index (χ0v) is 13.3. The Labute approximate surface area is 129 Å². The summed E-state index contributed by atoms with van der Waals surface area (Å²) in [5.74, 6) is -0.948. The first kappa shape index (κ1) is 14.8. The summed E-state index contributed by atoms with van der Waals surface area (Å²) in [7, 11) is -1.54. The van der Waals surface area contributed by atoms with Gasteiger partial charge in [-0.2, -0.15) is 0 Å². The minimum atomic E-state index is -1.54. The molecular weight excluding hydrogens is 375 g/mol. The van der Waals surface area contributed by atoms with Gasteiger partial charge in [-0.05, 0) is 45.6 Å². The van der Waals surface area contributed by atoms with Crippen LogP contribution >= 0.6 is 38.9 Å². The minimum Gasteiger partial charge on any atom is -0.292 e. The van der Waals surface area contributed by atoms with Crippen LogP contribution in [0.15, 0.2) is 39.0 Å². The number of halogens is 3. The van der Waals surface area contributed by atoms with Crippen molar-refractivity contribution in [2.24, 2.45) is 0 Å². The summed E-state index contributed by atoms with van der Waals surface area (Å²) < 4.78 is 25.7. The highest BCUT2D eigenvalue weighted by Crippen LogP contribution is 2.24. The molecule has 1 aromatic carbocycles. The normalized spacial score (nSPS) is 12.4. The Morgan fingerprint density at radius 1 is 1.42 bits per heavy atom. The number of hydrogen-bond donors (Lipinski definition) is 0. The molecule has 1 heterocycles. The van der Waals surface area contributed by atoms with Gasteiger partial charge in [0, 0.05) is 9.37 Å². The van der Waals surface area contributed by atoms with Crippen LogP contribution in [0.5, 0.6) is 0 Å². The second-order valence-electron chi connectivity index (χ2n) is 3.59. The molecule has 7 heteroatoms. The van der Waals surface area contributed by atoms with Gasteiger partial charge in [0.05, 0.1) is 26.5 Å². The molecule has 19 heavy (non-hydrogen) atoms. The lowest BCUT2D eigenvalue weighted by Crippen LogP contribution is -2.10. The first-order chi connectivity index (χ1) is 8.99. The maximum atomic E-state index is 13.0. The Morgan fingerprint density at radius 2 is 2.16 bits per heavy atom. The molecule has 0 fully saturated rings. The van der Waals surface area contributed by atoms with E-state index in [4.69, 9.17) is 11.6 Å². The predicted octanol–water partition coefficient (Wildman–Crippen LogP) is 4.29. The molecule has 0 spiro atoms. The molecule has 1 atom stereocenters. The van der Waals surface area contributed by atoms with Crippen LogP contribution in [0, 0.1) is 5.82 Å². The molecule has 2 aromatic rings. The molecule has 100 valence electrons. The van der Waals surface area contributed by atoms with Crippen LogP contribution in [-0.4, -0.2) is 15.7 Å². The summed E-state index contributed by atoms with van der Waals surface area (Å²) in [6, 6.07) is 5.55. The van der Waals surface area contributed by atoms with E-state index in [0.717, 1.165) is 6.07 Å². The van der Waals surface area contributed by atoms with E-state index in [0.29, 0.717) is 14.2 Å². The van der Waals surface area contributed by atoms with Crippen LogP contribution < -0.4 is 0 Å². The van der Waals surface area contributed by atoms with Crippen molar-refractivity contribution in [3.8, 4) is 0 Å². The highest BCUT2D eigenvalue weighted by atomic mass is 79.9. The Balaban J connectivity index is 2.15. The second kappa shape index (κ2) is 6.26. The number of hydrogen-bond acceptors (Lipinski definition) is 3. The Morgan fingerprint density at radius 3 is 2.74 bits per heavy atom. The Bertz CT molecular complexity index is 657. The van der Waals surface area contributed by atoms with Gasteiger partial charge in [0.2, 0.25) is 0 Å². The van der Waals surface area contributed by atoms with Gasteiger partial charge < -0.3 is 0 Å². The summed E-state index contributed by atoms with van der Waals surface area (Å²) in [6.45, 7) is 0. The lowest BCUT2D eigenvalue weighted by atomic mass is 10.3. The van der Waals surface area contributed by atoms with E-state index in [-0.39, 0.29) is 16.6 Å². The third-order valence-corrected chi connectivity index (χ3v) is 5.76. The van der Waals surface area contributed by atoms with Crippen molar-refractivity contribution in [1.82, 2.24) is 0 Å². The number of benzene rings is 1. The molecule has 1 unspecified atom stereocenters. The minimum absolute atomic E-state index is 0.101. The van der Waals surface area contributed by atoms with Crippen molar-refractivity contribution in [3.63, 3.8) is 0 Å². The molecular formula is C12H7BrClFO2S2. The highest BCUT2D eigenvalue weighted by molar-refractivity contribution is 9.10. The summed E-state index contributed by atoms with van der Waals surface area (Å²) in [5.41, 5.74) is 0. The molecule has 2 rings (SSSR count). The SMILES string of the molecule is O=C(CS(=O)c1ccc(F)c(Cl)c1)c1sccc1Br. The summed E-state index contributed by atoms with van der Waals surface area (Å²) in [6.07, 6.45) is 0. The van der Waals surface area contributed by atoms with Crippen LogP contribution in [-0.2, 0) is 10.8 Å². The molecule has 0 N–H and O–H groups in total. The molecule has 0 radical (unpaired) electrons. The van der Waals surface area contributed by atoms with Crippen LogP contribution in [0.4, 0.5) is 4.39 Å². The summed E-state index contributed by atoms with van der Waals surface area (Å²) in [4.78, 5) is 12.8. The molecule has 0 aliphatic carbocycles. The standard InChI is InChI=1S/C12H7BrClFO2S2/c13-8-3-4-18-12(8)11(16)6-19(17)7-1-2-10(15)9(14)5-7/h1-5H,6H2. The zero-order chi connectivity index (χ0) is 14.0. The largest absolute Gasteiger partial charge is 0.292 e. The van der Waals surface area contributed by atoms with Crippen LogP contribution in [0.2, 0.25) is 5.02 Å². The fourth-order valence-corrected chi connectivity index (χ4v) is 4.27. The van der Waals surface area contributed by atoms with Crippen molar-refractivity contribution in [1.29, 1.82) is 0 Å². The number of Topliss-reactive ketones (excluding diaryl/α,β-unsaturated/α-hetero) is 1. The summed E-state index contributed by atoms with van der Waals surface area (Å²) in [5, 5.41) is 1.67. The van der Waals surface area contributed by atoms with Gasteiger partial charge in [0.15, 0.2) is 5.78 Å². The van der Waals surface area contributed by atoms with Gasteiger partial charge in [0.25, 0.3) is 0 Å². The quantitative estimate of drug-likeness (QED) is 0.740. The predicted molar refractivity (Wildman–Crippen MR) is 79.0 cm³/mol. The van der Waals surface area contributed by atoms with Crippen molar-refractivity contribution in [2.75, 3.05) is 5.75 Å². The van der Waals surface area contributed by atoms with E-state index in [1.807, 2.05) is 0 Å². The maximum Gasteiger partial charge on any atom is 0.186 e. The second-order valence-corrected chi connectivity index (χ2v) is 7.22. The average molecular weight is 382 g/mol. The first-order valence-electron chi connectivity index (χ1n) is 5.08. The molecule has 1 aromatic heterocycles. The highest BCUT2D eigenvalue weighted by Gasteiger charge is 2.16. The van der Waals surface area contributed by atoms with Crippen LogP contribution in [0.1, 0.15) is 9.67 Å². The maximum absolute atomic E-state index is 13.0. The van der Waals surface area contributed by atoms with Gasteiger partial charge in [-0.25, -0.2) is 4.39 Å². The van der Waals surface area contributed by atoms with Gasteiger partial charge in [-0.3, -0.25) is 9.00 Å². The molecule has 0 amide bonds. The van der Waals surface area contributed by atoms with E-state index in [1.54, 1.807) is 11.4 Å². The van der Waals surface area contributed by atoms with E-state index in [1.165, 1.54) is 23.5 Å². The smallest absolute Gasteiger partial charge is 0.186 e. The van der Waals surface area contributed by atoms with Gasteiger partial charge in [-0.1, -0.05) is 11.6 Å². The van der Waals surface area contributed by atoms with Crippen molar-refractivity contribution in [3.05, 3.63) is 49.8 Å². The number of carbonyl (C=O) groups excluding carboxylic acids is 1. The molecule has 0 bridgehead atoms. The molecule has 0 saturated heterocycles. The molecule has 2 nitrogen and oxygen atoms in total. The average Bonchev–Trinajstić information content (AvgIpc) is 2.79. The van der Waals surface area contributed by atoms with E-state index >= 15 is 0 Å². The van der Waals surface area contributed by atoms with Gasteiger partial charge in [-0.15, -0.1) is 11.3 Å². The summed E-state index contributed by atoms with van der Waals surface area (Å²) >= 11 is 10.2. The fraction of sp³-hybridized carbons (Fsp3) is 0.0833. The van der Waals surface area contributed by atoms with Gasteiger partial charge >= 0.3 is 0 Å². The van der Waals surface area contributed by atoms with E-state index < -0.39 is 16.6 Å². The fourth-order valence-electron chi connectivity index (χ4n) is 1.38. The number of thiophene rings is 1. The van der Waals surface area contributed by atoms with Gasteiger partial charge in [0.1, 0.15) is 5.82 Å². The lowest BCUT2D eigenvalue weighted by molar-refractivity contribution is 0.102. The van der Waals surface area contributed by atoms with E-state index in [2.05, 4.69) is 15.9 Å². The lowest BCUT2D eigenvalue weighted by Gasteiger charge is -2.02. The van der Waals surface area contributed by atoms with Crippen molar-refractivity contribution >= 4 is 55.5 Å². The number of rotatable bonds is 4. The van der Waals surface area contributed by atoms with Crippen LogP contribution in [0.25, 0.3) is 0 Å². The van der Waals surface area contributed by atoms with Crippen LogP contribution in [0.3, 0.4) is 0 Å². The molecule has 0 aliphatic rings. The molecule has 0 saturated carbocycles. The molecule has 0 aliphatic heterocycles. The number of carbonyl (C=O) groups is 1.